The van der Waals surface area contributed by atoms with Crippen molar-refractivity contribution in [1.29, 1.82) is 0 Å². The van der Waals surface area contributed by atoms with Crippen LogP contribution in [0.4, 0.5) is 11.4 Å². The molecule has 1 spiro atoms. The van der Waals surface area contributed by atoms with Crippen LogP contribution in [0, 0.1) is 0 Å². The number of esters is 1. The van der Waals surface area contributed by atoms with Gasteiger partial charge in [-0.25, -0.2) is 4.79 Å². The van der Waals surface area contributed by atoms with Crippen LogP contribution in [-0.2, 0) is 19.0 Å². The molecule has 0 bridgehead atoms. The zero-order valence-electron chi connectivity index (χ0n) is 15.1. The van der Waals surface area contributed by atoms with Crippen LogP contribution in [0.2, 0.25) is 0 Å². The smallest absolute Gasteiger partial charge is 0.328 e. The average Bonchev–Trinajstić information content (AvgIpc) is 3.09. The number of nitrogens with one attached hydrogen (secondary N) is 1. The minimum Gasteiger partial charge on any atom is -0.464 e. The van der Waals surface area contributed by atoms with E-state index in [4.69, 9.17) is 14.2 Å². The molecule has 6 heteroatoms. The number of carbonyl (C=O) groups excluding carboxylic acids is 1. The van der Waals surface area contributed by atoms with Gasteiger partial charge in [-0.3, -0.25) is 0 Å². The molecule has 1 N–H and O–H groups in total. The Kier molecular flexibility index (Phi) is 5.81. The molecule has 2 fully saturated rings. The monoisotopic (exact) mass is 348 g/mol. The van der Waals surface area contributed by atoms with Gasteiger partial charge in [0.15, 0.2) is 5.79 Å². The summed E-state index contributed by atoms with van der Waals surface area (Å²) in [7, 11) is 0. The Morgan fingerprint density at radius 3 is 2.40 bits per heavy atom. The van der Waals surface area contributed by atoms with Crippen LogP contribution in [0.3, 0.4) is 0 Å². The van der Waals surface area contributed by atoms with E-state index < -0.39 is 0 Å². The number of piperidine rings is 1. The molecular weight excluding hydrogens is 320 g/mol. The van der Waals surface area contributed by atoms with Gasteiger partial charge in [-0.15, -0.1) is 0 Å². The highest BCUT2D eigenvalue weighted by Gasteiger charge is 2.39. The van der Waals surface area contributed by atoms with Gasteiger partial charge in [0.2, 0.25) is 0 Å². The van der Waals surface area contributed by atoms with Crippen LogP contribution >= 0.6 is 0 Å². The lowest BCUT2D eigenvalue weighted by Crippen LogP contribution is -2.45. The van der Waals surface area contributed by atoms with Crippen molar-refractivity contribution in [3.05, 3.63) is 24.3 Å². The molecule has 2 saturated heterocycles. The van der Waals surface area contributed by atoms with Crippen molar-refractivity contribution in [2.75, 3.05) is 43.1 Å². The molecule has 2 heterocycles. The van der Waals surface area contributed by atoms with Crippen LogP contribution in [0.1, 0.15) is 33.1 Å². The summed E-state index contributed by atoms with van der Waals surface area (Å²) in [6.45, 7) is 7.46. The summed E-state index contributed by atoms with van der Waals surface area (Å²) in [4.78, 5) is 14.2. The lowest BCUT2D eigenvalue weighted by atomic mass is 10.0. The molecule has 2 aliphatic rings. The van der Waals surface area contributed by atoms with Crippen molar-refractivity contribution < 1.29 is 19.0 Å². The van der Waals surface area contributed by atoms with Crippen molar-refractivity contribution in [1.82, 2.24) is 0 Å². The lowest BCUT2D eigenvalue weighted by molar-refractivity contribution is -0.169. The summed E-state index contributed by atoms with van der Waals surface area (Å²) < 4.78 is 16.7. The number of ether oxygens (including phenoxy) is 3. The summed E-state index contributed by atoms with van der Waals surface area (Å²) in [5.41, 5.74) is 2.11. The van der Waals surface area contributed by atoms with E-state index in [1.807, 2.05) is 26.0 Å². The van der Waals surface area contributed by atoms with E-state index in [0.29, 0.717) is 26.2 Å². The van der Waals surface area contributed by atoms with Crippen molar-refractivity contribution in [2.24, 2.45) is 0 Å². The maximum Gasteiger partial charge on any atom is 0.328 e. The number of hydrogen-bond donors (Lipinski definition) is 1. The summed E-state index contributed by atoms with van der Waals surface area (Å²) in [6.07, 6.45) is 2.48. The molecule has 138 valence electrons. The standard InChI is InChI=1S/C19H28N2O4/c1-3-17(18(22)23-4-2)20-15-5-7-16(8-6-15)21-11-9-19(10-12-21)24-13-14-25-19/h5-8,17,20H,3-4,9-14H2,1-2H3. The number of carbonyl (C=O) groups is 1. The molecule has 0 saturated carbocycles. The molecule has 1 aromatic carbocycles. The molecule has 6 nitrogen and oxygen atoms in total. The summed E-state index contributed by atoms with van der Waals surface area (Å²) in [5, 5.41) is 3.25. The first-order chi connectivity index (χ1) is 12.2. The second kappa shape index (κ2) is 8.06. The molecule has 25 heavy (non-hydrogen) atoms. The summed E-state index contributed by atoms with van der Waals surface area (Å²) in [6, 6.07) is 7.91. The fourth-order valence-electron chi connectivity index (χ4n) is 3.43. The number of rotatable bonds is 6. The van der Waals surface area contributed by atoms with Gasteiger partial charge in [0.25, 0.3) is 0 Å². The van der Waals surface area contributed by atoms with E-state index in [1.54, 1.807) is 0 Å². The molecule has 1 unspecified atom stereocenters. The van der Waals surface area contributed by atoms with Gasteiger partial charge in [-0.2, -0.15) is 0 Å². The third-order valence-corrected chi connectivity index (χ3v) is 4.89. The topological polar surface area (TPSA) is 60.0 Å². The van der Waals surface area contributed by atoms with Crippen molar-refractivity contribution >= 4 is 17.3 Å². The Morgan fingerprint density at radius 2 is 1.84 bits per heavy atom. The SMILES string of the molecule is CCOC(=O)C(CC)Nc1ccc(N2CCC3(CC2)OCCO3)cc1. The minimum absolute atomic E-state index is 0.202. The highest BCUT2D eigenvalue weighted by atomic mass is 16.7. The average molecular weight is 348 g/mol. The van der Waals surface area contributed by atoms with Gasteiger partial charge in [-0.05, 0) is 37.6 Å². The fourth-order valence-corrected chi connectivity index (χ4v) is 3.43. The normalized spacial score (nSPS) is 20.5. The fraction of sp³-hybridized carbons (Fsp3) is 0.632. The van der Waals surface area contributed by atoms with Crippen LogP contribution in [0.15, 0.2) is 24.3 Å². The molecule has 1 atom stereocenters. The van der Waals surface area contributed by atoms with Gasteiger partial charge in [0.1, 0.15) is 6.04 Å². The predicted molar refractivity (Wildman–Crippen MR) is 96.9 cm³/mol. The van der Waals surface area contributed by atoms with E-state index in [-0.39, 0.29) is 17.8 Å². The second-order valence-corrected chi connectivity index (χ2v) is 6.50. The van der Waals surface area contributed by atoms with E-state index in [9.17, 15) is 4.79 Å². The predicted octanol–water partition coefficient (Wildman–Crippen LogP) is 2.78. The number of benzene rings is 1. The second-order valence-electron chi connectivity index (χ2n) is 6.50. The third kappa shape index (κ3) is 4.25. The van der Waals surface area contributed by atoms with Gasteiger partial charge in [-0.1, -0.05) is 6.92 Å². The first-order valence-electron chi connectivity index (χ1n) is 9.22. The number of hydrogen-bond acceptors (Lipinski definition) is 6. The first kappa shape index (κ1) is 18.0. The summed E-state index contributed by atoms with van der Waals surface area (Å²) in [5.74, 6) is -0.543. The number of anilines is 2. The Labute approximate surface area is 149 Å². The van der Waals surface area contributed by atoms with E-state index >= 15 is 0 Å². The highest BCUT2D eigenvalue weighted by Crippen LogP contribution is 2.33. The molecule has 0 radical (unpaired) electrons. The molecule has 3 rings (SSSR count). The Bertz CT molecular complexity index is 559. The van der Waals surface area contributed by atoms with E-state index in [2.05, 4.69) is 22.3 Å². The quantitative estimate of drug-likeness (QED) is 0.798. The molecule has 0 amide bonds. The highest BCUT2D eigenvalue weighted by molar-refractivity contribution is 5.79. The molecule has 2 aliphatic heterocycles. The van der Waals surface area contributed by atoms with Crippen molar-refractivity contribution in [3.63, 3.8) is 0 Å². The zero-order chi connectivity index (χ0) is 17.7. The van der Waals surface area contributed by atoms with Crippen LogP contribution < -0.4 is 10.2 Å². The van der Waals surface area contributed by atoms with Gasteiger partial charge < -0.3 is 24.4 Å². The maximum atomic E-state index is 11.9. The molecule has 1 aromatic rings. The van der Waals surface area contributed by atoms with Crippen LogP contribution in [0.5, 0.6) is 0 Å². The molecule has 0 aliphatic carbocycles. The Morgan fingerprint density at radius 1 is 1.20 bits per heavy atom. The van der Waals surface area contributed by atoms with Crippen molar-refractivity contribution in [3.8, 4) is 0 Å². The lowest BCUT2D eigenvalue weighted by Gasteiger charge is -2.38. The zero-order valence-corrected chi connectivity index (χ0v) is 15.1. The Hall–Kier alpha value is -1.79. The molecular formula is C19H28N2O4. The first-order valence-corrected chi connectivity index (χ1v) is 9.22. The van der Waals surface area contributed by atoms with E-state index in [1.165, 1.54) is 5.69 Å². The number of nitrogens with zero attached hydrogens (tertiary/aromatic N) is 1. The van der Waals surface area contributed by atoms with Crippen LogP contribution in [-0.4, -0.2) is 50.7 Å². The Balaban J connectivity index is 1.56. The molecule has 0 aromatic heterocycles. The van der Waals surface area contributed by atoms with Crippen molar-refractivity contribution in [2.45, 2.75) is 44.9 Å². The van der Waals surface area contributed by atoms with Crippen LogP contribution in [0.25, 0.3) is 0 Å². The van der Waals surface area contributed by atoms with Gasteiger partial charge in [0, 0.05) is 37.3 Å². The minimum atomic E-state index is -0.341. The van der Waals surface area contributed by atoms with E-state index in [0.717, 1.165) is 31.6 Å². The maximum absolute atomic E-state index is 11.9. The van der Waals surface area contributed by atoms with Gasteiger partial charge >= 0.3 is 5.97 Å². The van der Waals surface area contributed by atoms with Gasteiger partial charge in [0.05, 0.1) is 19.8 Å². The largest absolute Gasteiger partial charge is 0.464 e. The third-order valence-electron chi connectivity index (χ3n) is 4.89. The summed E-state index contributed by atoms with van der Waals surface area (Å²) >= 11 is 0.